The molecule has 0 spiro atoms. The zero-order valence-corrected chi connectivity index (χ0v) is 17.7. The third-order valence-corrected chi connectivity index (χ3v) is 6.12. The molecule has 1 aromatic heterocycles. The molecule has 3 rings (SSSR count). The molecule has 0 saturated carbocycles. The van der Waals surface area contributed by atoms with Gasteiger partial charge in [0.2, 0.25) is 11.0 Å². The van der Waals surface area contributed by atoms with E-state index in [4.69, 9.17) is 16.3 Å². The van der Waals surface area contributed by atoms with Crippen LogP contribution >= 0.6 is 34.7 Å². The number of benzene rings is 2. The normalized spacial score (nSPS) is 11.7. The quantitative estimate of drug-likeness (QED) is 0.490. The third kappa shape index (κ3) is 5.60. The van der Waals surface area contributed by atoms with E-state index in [9.17, 15) is 4.79 Å². The number of anilines is 2. The number of carbonyl (C=O) groups is 1. The molecule has 1 heterocycles. The van der Waals surface area contributed by atoms with E-state index >= 15 is 0 Å². The summed E-state index contributed by atoms with van der Waals surface area (Å²) >= 11 is 8.91. The zero-order valence-electron chi connectivity index (χ0n) is 15.3. The molecule has 1 atom stereocenters. The molecular formula is C19H19ClN4O2S2. The van der Waals surface area contributed by atoms with Crippen molar-refractivity contribution in [1.29, 1.82) is 0 Å². The Labute approximate surface area is 176 Å². The van der Waals surface area contributed by atoms with Gasteiger partial charge in [-0.1, -0.05) is 59.0 Å². The second-order valence-electron chi connectivity index (χ2n) is 5.83. The van der Waals surface area contributed by atoms with Crippen LogP contribution in [0, 0.1) is 0 Å². The van der Waals surface area contributed by atoms with Crippen molar-refractivity contribution in [3.05, 3.63) is 59.1 Å². The lowest BCUT2D eigenvalue weighted by atomic mass is 10.1. The number of aromatic nitrogens is 2. The van der Waals surface area contributed by atoms with Gasteiger partial charge < -0.3 is 15.4 Å². The Bertz CT molecular complexity index is 951. The number of methoxy groups -OCH3 is 1. The molecule has 0 aliphatic rings. The molecule has 9 heteroatoms. The highest BCUT2D eigenvalue weighted by Gasteiger charge is 2.14. The summed E-state index contributed by atoms with van der Waals surface area (Å²) in [5.41, 5.74) is 1.75. The Hall–Kier alpha value is -2.29. The molecular weight excluding hydrogens is 416 g/mol. The van der Waals surface area contributed by atoms with Gasteiger partial charge in [-0.3, -0.25) is 4.79 Å². The third-order valence-electron chi connectivity index (χ3n) is 3.80. The molecule has 146 valence electrons. The molecule has 2 aromatic carbocycles. The predicted molar refractivity (Wildman–Crippen MR) is 115 cm³/mol. The minimum Gasteiger partial charge on any atom is -0.497 e. The van der Waals surface area contributed by atoms with E-state index in [1.54, 1.807) is 7.11 Å². The summed E-state index contributed by atoms with van der Waals surface area (Å²) < 4.78 is 5.92. The predicted octanol–water partition coefficient (Wildman–Crippen LogP) is 4.91. The lowest BCUT2D eigenvalue weighted by Crippen LogP contribution is -2.28. The van der Waals surface area contributed by atoms with Crippen LogP contribution in [0.25, 0.3) is 0 Å². The molecule has 0 saturated heterocycles. The van der Waals surface area contributed by atoms with Crippen molar-refractivity contribution in [2.24, 2.45) is 0 Å². The van der Waals surface area contributed by atoms with Gasteiger partial charge >= 0.3 is 0 Å². The fourth-order valence-corrected chi connectivity index (χ4v) is 4.34. The van der Waals surface area contributed by atoms with Gasteiger partial charge in [-0.05, 0) is 30.7 Å². The van der Waals surface area contributed by atoms with Gasteiger partial charge in [-0.2, -0.15) is 0 Å². The van der Waals surface area contributed by atoms with Crippen LogP contribution in [0.3, 0.4) is 0 Å². The van der Waals surface area contributed by atoms with Gasteiger partial charge in [0.05, 0.1) is 18.9 Å². The molecule has 2 N–H and O–H groups in total. The number of halogens is 1. The van der Waals surface area contributed by atoms with Crippen LogP contribution < -0.4 is 15.4 Å². The van der Waals surface area contributed by atoms with Crippen molar-refractivity contribution in [2.75, 3.05) is 18.2 Å². The first kappa shape index (κ1) is 20.4. The monoisotopic (exact) mass is 434 g/mol. The van der Waals surface area contributed by atoms with Crippen molar-refractivity contribution < 1.29 is 9.53 Å². The lowest BCUT2D eigenvalue weighted by Gasteiger charge is -2.15. The number of hydrogen-bond donors (Lipinski definition) is 2. The van der Waals surface area contributed by atoms with E-state index in [0.29, 0.717) is 14.5 Å². The van der Waals surface area contributed by atoms with Gasteiger partial charge in [0.1, 0.15) is 5.75 Å². The van der Waals surface area contributed by atoms with Crippen molar-refractivity contribution in [1.82, 2.24) is 15.5 Å². The van der Waals surface area contributed by atoms with Crippen LogP contribution in [0.1, 0.15) is 18.5 Å². The standard InChI is InChI=1S/C19H19ClN4O2S2/c1-12(15-8-3-4-9-16(15)20)21-17(25)11-27-19-24-23-18(28-19)22-13-6-5-7-14(10-13)26-2/h3-10,12H,11H2,1-2H3,(H,21,25)(H,22,23). The molecule has 0 bridgehead atoms. The second-order valence-corrected chi connectivity index (χ2v) is 8.44. The van der Waals surface area contributed by atoms with E-state index in [-0.39, 0.29) is 17.7 Å². The second kappa shape index (κ2) is 9.77. The highest BCUT2D eigenvalue weighted by atomic mass is 35.5. The number of nitrogens with zero attached hydrogens (tertiary/aromatic N) is 2. The minimum atomic E-state index is -0.165. The number of nitrogens with one attached hydrogen (secondary N) is 2. The first-order valence-electron chi connectivity index (χ1n) is 8.46. The molecule has 1 unspecified atom stereocenters. The van der Waals surface area contributed by atoms with E-state index in [1.807, 2.05) is 55.5 Å². The van der Waals surface area contributed by atoms with Gasteiger partial charge in [0.25, 0.3) is 0 Å². The van der Waals surface area contributed by atoms with Crippen molar-refractivity contribution in [2.45, 2.75) is 17.3 Å². The highest BCUT2D eigenvalue weighted by Crippen LogP contribution is 2.29. The van der Waals surface area contributed by atoms with Gasteiger partial charge in [0, 0.05) is 16.8 Å². The summed E-state index contributed by atoms with van der Waals surface area (Å²) in [7, 11) is 1.62. The van der Waals surface area contributed by atoms with E-state index in [1.165, 1.54) is 23.1 Å². The summed E-state index contributed by atoms with van der Waals surface area (Å²) in [6.45, 7) is 1.91. The minimum absolute atomic E-state index is 0.0880. The lowest BCUT2D eigenvalue weighted by molar-refractivity contribution is -0.119. The molecule has 3 aromatic rings. The summed E-state index contributed by atoms with van der Waals surface area (Å²) in [5.74, 6) is 0.922. The molecule has 6 nitrogen and oxygen atoms in total. The van der Waals surface area contributed by atoms with Crippen LogP contribution in [0.5, 0.6) is 5.75 Å². The number of thioether (sulfide) groups is 1. The van der Waals surface area contributed by atoms with Crippen LogP contribution in [0.2, 0.25) is 5.02 Å². The van der Waals surface area contributed by atoms with Crippen LogP contribution in [0.15, 0.2) is 52.9 Å². The van der Waals surface area contributed by atoms with Crippen molar-refractivity contribution in [3.63, 3.8) is 0 Å². The number of ether oxygens (including phenoxy) is 1. The Balaban J connectivity index is 1.51. The Morgan fingerprint density at radius 1 is 1.25 bits per heavy atom. The van der Waals surface area contributed by atoms with Crippen LogP contribution in [0.4, 0.5) is 10.8 Å². The van der Waals surface area contributed by atoms with Crippen molar-refractivity contribution >= 4 is 51.4 Å². The first-order chi connectivity index (χ1) is 13.5. The van der Waals surface area contributed by atoms with E-state index in [2.05, 4.69) is 20.8 Å². The highest BCUT2D eigenvalue weighted by molar-refractivity contribution is 8.01. The van der Waals surface area contributed by atoms with Crippen molar-refractivity contribution in [3.8, 4) is 5.75 Å². The van der Waals surface area contributed by atoms with E-state index in [0.717, 1.165) is 17.0 Å². The zero-order chi connectivity index (χ0) is 19.9. The Morgan fingerprint density at radius 3 is 2.86 bits per heavy atom. The molecule has 0 fully saturated rings. The molecule has 0 aliphatic heterocycles. The molecule has 0 radical (unpaired) electrons. The fraction of sp³-hybridized carbons (Fsp3) is 0.211. The smallest absolute Gasteiger partial charge is 0.230 e. The Morgan fingerprint density at radius 2 is 2.07 bits per heavy atom. The fourth-order valence-electron chi connectivity index (χ4n) is 2.46. The largest absolute Gasteiger partial charge is 0.497 e. The summed E-state index contributed by atoms with van der Waals surface area (Å²) in [4.78, 5) is 12.2. The maximum Gasteiger partial charge on any atom is 0.230 e. The topological polar surface area (TPSA) is 76.1 Å². The van der Waals surface area contributed by atoms with Gasteiger partial charge in [-0.25, -0.2) is 0 Å². The number of rotatable bonds is 8. The summed E-state index contributed by atoms with van der Waals surface area (Å²) in [5, 5.41) is 15.7. The maximum atomic E-state index is 12.2. The number of carbonyl (C=O) groups excluding carboxylic acids is 1. The number of hydrogen-bond acceptors (Lipinski definition) is 7. The summed E-state index contributed by atoms with van der Waals surface area (Å²) in [6.07, 6.45) is 0. The average molecular weight is 435 g/mol. The van der Waals surface area contributed by atoms with E-state index < -0.39 is 0 Å². The SMILES string of the molecule is COc1cccc(Nc2nnc(SCC(=O)NC(C)c3ccccc3Cl)s2)c1. The Kier molecular flexibility index (Phi) is 7.13. The molecule has 0 aliphatic carbocycles. The molecule has 28 heavy (non-hydrogen) atoms. The average Bonchev–Trinajstić information content (AvgIpc) is 3.14. The van der Waals surface area contributed by atoms with Crippen LogP contribution in [-0.4, -0.2) is 29.0 Å². The van der Waals surface area contributed by atoms with Gasteiger partial charge in [0.15, 0.2) is 4.34 Å². The van der Waals surface area contributed by atoms with Gasteiger partial charge in [-0.15, -0.1) is 10.2 Å². The number of amides is 1. The maximum absolute atomic E-state index is 12.2. The molecule has 1 amide bonds. The van der Waals surface area contributed by atoms with Crippen LogP contribution in [-0.2, 0) is 4.79 Å². The first-order valence-corrected chi connectivity index (χ1v) is 10.6. The summed E-state index contributed by atoms with van der Waals surface area (Å²) in [6, 6.07) is 14.9.